The second-order valence-corrected chi connectivity index (χ2v) is 3.40. The second kappa shape index (κ2) is 5.65. The van der Waals surface area contributed by atoms with Crippen molar-refractivity contribution >= 4 is 0 Å². The summed E-state index contributed by atoms with van der Waals surface area (Å²) in [6, 6.07) is 4.86. The van der Waals surface area contributed by atoms with E-state index in [4.69, 9.17) is 15.2 Å². The van der Waals surface area contributed by atoms with Crippen LogP contribution in [0.5, 0.6) is 11.5 Å². The monoisotopic (exact) mass is 231 g/mol. The predicted molar refractivity (Wildman–Crippen MR) is 57.1 cm³/mol. The zero-order chi connectivity index (χ0) is 12.1. The lowest BCUT2D eigenvalue weighted by molar-refractivity contribution is 0.0804. The van der Waals surface area contributed by atoms with Crippen molar-refractivity contribution in [2.75, 3.05) is 13.7 Å². The van der Waals surface area contributed by atoms with Crippen molar-refractivity contribution in [2.24, 2.45) is 5.73 Å². The Balaban J connectivity index is 2.84. The van der Waals surface area contributed by atoms with E-state index in [9.17, 15) is 8.78 Å². The van der Waals surface area contributed by atoms with Crippen molar-refractivity contribution in [2.45, 2.75) is 19.4 Å². The van der Waals surface area contributed by atoms with Gasteiger partial charge in [0.25, 0.3) is 6.43 Å². The Morgan fingerprint density at radius 1 is 1.31 bits per heavy atom. The van der Waals surface area contributed by atoms with E-state index in [1.807, 2.05) is 6.92 Å². The molecule has 0 aliphatic carbocycles. The van der Waals surface area contributed by atoms with Gasteiger partial charge in [0.05, 0.1) is 7.11 Å². The van der Waals surface area contributed by atoms with Crippen molar-refractivity contribution in [1.82, 2.24) is 0 Å². The number of methoxy groups -OCH3 is 1. The van der Waals surface area contributed by atoms with Gasteiger partial charge in [0.2, 0.25) is 0 Å². The van der Waals surface area contributed by atoms with E-state index in [1.165, 1.54) is 7.11 Å². The molecule has 0 radical (unpaired) electrons. The molecule has 1 aromatic rings. The highest BCUT2D eigenvalue weighted by molar-refractivity contribution is 5.43. The van der Waals surface area contributed by atoms with Gasteiger partial charge in [-0.1, -0.05) is 6.07 Å². The second-order valence-electron chi connectivity index (χ2n) is 3.40. The Labute approximate surface area is 93.2 Å². The van der Waals surface area contributed by atoms with Gasteiger partial charge >= 0.3 is 0 Å². The Hall–Kier alpha value is -1.36. The third-order valence-corrected chi connectivity index (χ3v) is 2.08. The van der Waals surface area contributed by atoms with Crippen LogP contribution in [0.15, 0.2) is 18.2 Å². The molecule has 0 spiro atoms. The Morgan fingerprint density at radius 2 is 2.00 bits per heavy atom. The lowest BCUT2D eigenvalue weighted by atomic mass is 10.1. The molecular formula is C11H15F2NO2. The number of hydrogen-bond acceptors (Lipinski definition) is 3. The molecule has 0 aromatic heterocycles. The minimum absolute atomic E-state index is 0.141. The first-order chi connectivity index (χ1) is 7.54. The summed E-state index contributed by atoms with van der Waals surface area (Å²) in [4.78, 5) is 0. The van der Waals surface area contributed by atoms with Crippen molar-refractivity contribution in [3.05, 3.63) is 23.8 Å². The number of ether oxygens (including phenoxy) is 2. The van der Waals surface area contributed by atoms with Gasteiger partial charge in [-0.15, -0.1) is 0 Å². The Kier molecular flexibility index (Phi) is 4.49. The van der Waals surface area contributed by atoms with Crippen LogP contribution in [-0.2, 0) is 0 Å². The zero-order valence-electron chi connectivity index (χ0n) is 9.24. The average Bonchev–Trinajstić information content (AvgIpc) is 2.25. The smallest absolute Gasteiger partial charge is 0.272 e. The van der Waals surface area contributed by atoms with Crippen LogP contribution in [-0.4, -0.2) is 20.1 Å². The van der Waals surface area contributed by atoms with Gasteiger partial charge in [-0.2, -0.15) is 0 Å². The predicted octanol–water partition coefficient (Wildman–Crippen LogP) is 2.36. The molecule has 0 unspecified atom stereocenters. The maximum absolute atomic E-state index is 12.0. The van der Waals surface area contributed by atoms with E-state index < -0.39 is 13.0 Å². The van der Waals surface area contributed by atoms with Crippen LogP contribution in [0.4, 0.5) is 8.78 Å². The molecule has 1 aromatic carbocycles. The summed E-state index contributed by atoms with van der Waals surface area (Å²) in [5, 5.41) is 0. The lowest BCUT2D eigenvalue weighted by Crippen LogP contribution is -2.09. The van der Waals surface area contributed by atoms with Crippen LogP contribution in [0.1, 0.15) is 18.5 Å². The highest BCUT2D eigenvalue weighted by Crippen LogP contribution is 2.29. The summed E-state index contributed by atoms with van der Waals surface area (Å²) in [5.41, 5.74) is 6.56. The molecule has 0 saturated carbocycles. The molecule has 0 aliphatic rings. The molecule has 2 N–H and O–H groups in total. The quantitative estimate of drug-likeness (QED) is 0.846. The maximum Gasteiger partial charge on any atom is 0.272 e. The molecule has 3 nitrogen and oxygen atoms in total. The third kappa shape index (κ3) is 3.34. The van der Waals surface area contributed by atoms with Gasteiger partial charge in [0.1, 0.15) is 6.61 Å². The topological polar surface area (TPSA) is 44.5 Å². The molecule has 0 bridgehead atoms. The fourth-order valence-electron chi connectivity index (χ4n) is 1.24. The molecule has 1 atom stereocenters. The van der Waals surface area contributed by atoms with E-state index in [1.54, 1.807) is 18.2 Å². The first kappa shape index (κ1) is 12.7. The lowest BCUT2D eigenvalue weighted by Gasteiger charge is -2.13. The standard InChI is InChI=1S/C11H15F2NO2/c1-7(14)8-3-4-9(10(5-8)15-2)16-6-11(12)13/h3-5,7,11H,6,14H2,1-2H3/t7-/m1/s1. The van der Waals surface area contributed by atoms with E-state index >= 15 is 0 Å². The fraction of sp³-hybridized carbons (Fsp3) is 0.455. The van der Waals surface area contributed by atoms with Gasteiger partial charge in [-0.05, 0) is 24.6 Å². The number of alkyl halides is 2. The molecule has 90 valence electrons. The average molecular weight is 231 g/mol. The first-order valence-electron chi connectivity index (χ1n) is 4.89. The number of hydrogen-bond donors (Lipinski definition) is 1. The van der Waals surface area contributed by atoms with Crippen molar-refractivity contribution in [3.63, 3.8) is 0 Å². The SMILES string of the molecule is COc1cc([C@@H](C)N)ccc1OCC(F)F. The van der Waals surface area contributed by atoms with Gasteiger partial charge in [0.15, 0.2) is 11.5 Å². The van der Waals surface area contributed by atoms with Crippen LogP contribution in [0.3, 0.4) is 0 Å². The van der Waals surface area contributed by atoms with E-state index in [2.05, 4.69) is 0 Å². The number of halogens is 2. The summed E-state index contributed by atoms with van der Waals surface area (Å²) in [7, 11) is 1.45. The molecule has 1 rings (SSSR count). The molecule has 0 saturated heterocycles. The first-order valence-corrected chi connectivity index (χ1v) is 4.89. The molecule has 16 heavy (non-hydrogen) atoms. The number of benzene rings is 1. The summed E-state index contributed by atoms with van der Waals surface area (Å²) in [6.07, 6.45) is -2.50. The molecule has 0 fully saturated rings. The van der Waals surface area contributed by atoms with Gasteiger partial charge in [-0.3, -0.25) is 0 Å². The van der Waals surface area contributed by atoms with Crippen LogP contribution in [0, 0.1) is 0 Å². The molecular weight excluding hydrogens is 216 g/mol. The minimum Gasteiger partial charge on any atom is -0.493 e. The van der Waals surface area contributed by atoms with E-state index in [0.717, 1.165) is 5.56 Å². The van der Waals surface area contributed by atoms with Gasteiger partial charge in [0, 0.05) is 6.04 Å². The van der Waals surface area contributed by atoms with Crippen molar-refractivity contribution in [1.29, 1.82) is 0 Å². The van der Waals surface area contributed by atoms with Crippen molar-refractivity contribution < 1.29 is 18.3 Å². The largest absolute Gasteiger partial charge is 0.493 e. The van der Waals surface area contributed by atoms with Crippen LogP contribution >= 0.6 is 0 Å². The van der Waals surface area contributed by atoms with Crippen LogP contribution in [0.2, 0.25) is 0 Å². The zero-order valence-corrected chi connectivity index (χ0v) is 9.24. The van der Waals surface area contributed by atoms with Gasteiger partial charge < -0.3 is 15.2 Å². The van der Waals surface area contributed by atoms with Crippen molar-refractivity contribution in [3.8, 4) is 11.5 Å². The number of rotatable bonds is 5. The minimum atomic E-state index is -2.50. The molecule has 0 amide bonds. The van der Waals surface area contributed by atoms with Gasteiger partial charge in [-0.25, -0.2) is 8.78 Å². The van der Waals surface area contributed by atoms with E-state index in [-0.39, 0.29) is 6.04 Å². The summed E-state index contributed by atoms with van der Waals surface area (Å²) >= 11 is 0. The Bertz CT molecular complexity index is 343. The summed E-state index contributed by atoms with van der Waals surface area (Å²) in [5.74, 6) is 0.711. The normalized spacial score (nSPS) is 12.6. The highest BCUT2D eigenvalue weighted by atomic mass is 19.3. The maximum atomic E-state index is 12.0. The highest BCUT2D eigenvalue weighted by Gasteiger charge is 2.10. The molecule has 5 heteroatoms. The summed E-state index contributed by atoms with van der Waals surface area (Å²) < 4.78 is 33.9. The molecule has 0 heterocycles. The Morgan fingerprint density at radius 3 is 2.50 bits per heavy atom. The van der Waals surface area contributed by atoms with E-state index in [0.29, 0.717) is 11.5 Å². The number of nitrogens with two attached hydrogens (primary N) is 1. The fourth-order valence-corrected chi connectivity index (χ4v) is 1.24. The molecule has 0 aliphatic heterocycles. The van der Waals surface area contributed by atoms with Crippen LogP contribution < -0.4 is 15.2 Å². The summed E-state index contributed by atoms with van der Waals surface area (Å²) in [6.45, 7) is 1.18. The van der Waals surface area contributed by atoms with Crippen LogP contribution in [0.25, 0.3) is 0 Å². The third-order valence-electron chi connectivity index (χ3n) is 2.08.